The molecule has 0 spiro atoms. The Balaban J connectivity index is 3.14. The lowest BCUT2D eigenvalue weighted by Gasteiger charge is -2.28. The van der Waals surface area contributed by atoms with Crippen molar-refractivity contribution in [2.45, 2.75) is 92.4 Å². The number of hydrogen-bond donors (Lipinski definition) is 1. The van der Waals surface area contributed by atoms with Crippen LogP contribution in [0.1, 0.15) is 91.8 Å². The van der Waals surface area contributed by atoms with Gasteiger partial charge in [0.2, 0.25) is 0 Å². The van der Waals surface area contributed by atoms with Crippen molar-refractivity contribution in [3.05, 3.63) is 28.8 Å². The van der Waals surface area contributed by atoms with Gasteiger partial charge in [-0.3, -0.25) is 4.79 Å². The number of aryl methyl sites for hydroxylation is 1. The maximum Gasteiger partial charge on any atom is 0.133 e. The molecule has 0 aromatic heterocycles. The molecule has 0 heterocycles. The molecule has 1 aromatic rings. The van der Waals surface area contributed by atoms with Crippen LogP contribution in [-0.2, 0) is 22.0 Å². The normalized spacial score (nSPS) is 13.2. The number of hydrogen-bond acceptors (Lipinski definition) is 2. The molecule has 0 aliphatic carbocycles. The third-order valence-electron chi connectivity index (χ3n) is 4.21. The quantitative estimate of drug-likeness (QED) is 0.742. The highest BCUT2D eigenvalue weighted by atomic mass is 16.3. The number of phenolic OH excluding ortho intramolecular Hbond substituents is 1. The van der Waals surface area contributed by atoms with Crippen LogP contribution < -0.4 is 0 Å². The van der Waals surface area contributed by atoms with Crippen LogP contribution in [-0.4, -0.2) is 10.9 Å². The van der Waals surface area contributed by atoms with Gasteiger partial charge in [-0.1, -0.05) is 74.4 Å². The fraction of sp³-hybridized carbons (Fsp3) is 0.682. The highest BCUT2D eigenvalue weighted by Crippen LogP contribution is 2.40. The van der Waals surface area contributed by atoms with E-state index in [1.165, 1.54) is 0 Å². The van der Waals surface area contributed by atoms with Crippen molar-refractivity contribution < 1.29 is 9.90 Å². The summed E-state index contributed by atoms with van der Waals surface area (Å²) in [5.74, 6) is 0.713. The lowest BCUT2D eigenvalue weighted by molar-refractivity contribution is -0.120. The molecule has 24 heavy (non-hydrogen) atoms. The number of benzene rings is 1. The van der Waals surface area contributed by atoms with Crippen LogP contribution in [0.5, 0.6) is 5.75 Å². The maximum atomic E-state index is 12.2. The van der Waals surface area contributed by atoms with Crippen LogP contribution in [0.25, 0.3) is 0 Å². The Labute approximate surface area is 148 Å². The number of Topliss-reactive ketones (excluding diaryl/α,β-unsaturated/α-hetero) is 1. The molecular formula is C22H36O2. The van der Waals surface area contributed by atoms with Crippen molar-refractivity contribution in [1.82, 2.24) is 0 Å². The van der Waals surface area contributed by atoms with Crippen LogP contribution in [0, 0.1) is 5.41 Å². The van der Waals surface area contributed by atoms with Gasteiger partial charge in [0.25, 0.3) is 0 Å². The molecule has 1 N–H and O–H groups in total. The van der Waals surface area contributed by atoms with Gasteiger partial charge in [-0.05, 0) is 39.4 Å². The molecule has 0 atom stereocenters. The van der Waals surface area contributed by atoms with E-state index >= 15 is 0 Å². The molecule has 0 aliphatic rings. The van der Waals surface area contributed by atoms with Gasteiger partial charge >= 0.3 is 0 Å². The fourth-order valence-corrected chi connectivity index (χ4v) is 2.95. The first kappa shape index (κ1) is 20.7. The minimum Gasteiger partial charge on any atom is -0.507 e. The summed E-state index contributed by atoms with van der Waals surface area (Å²) in [6.07, 6.45) is 1.92. The molecule has 0 saturated carbocycles. The molecule has 1 rings (SSSR count). The highest BCUT2D eigenvalue weighted by molar-refractivity contribution is 5.79. The number of carbonyl (C=O) groups is 1. The zero-order valence-electron chi connectivity index (χ0n) is 17.1. The number of phenols is 1. The zero-order valence-corrected chi connectivity index (χ0v) is 17.1. The third-order valence-corrected chi connectivity index (χ3v) is 4.21. The van der Waals surface area contributed by atoms with Crippen molar-refractivity contribution in [2.75, 3.05) is 0 Å². The molecule has 0 amide bonds. The van der Waals surface area contributed by atoms with Crippen molar-refractivity contribution in [3.63, 3.8) is 0 Å². The predicted octanol–water partition coefficient (Wildman–Crippen LogP) is 5.93. The summed E-state index contributed by atoms with van der Waals surface area (Å²) in [6.45, 7) is 19.0. The van der Waals surface area contributed by atoms with Gasteiger partial charge in [0.1, 0.15) is 11.5 Å². The van der Waals surface area contributed by atoms with E-state index in [1.54, 1.807) is 0 Å². The summed E-state index contributed by atoms with van der Waals surface area (Å²) in [5.41, 5.74) is 2.86. The Kier molecular flexibility index (Phi) is 5.96. The van der Waals surface area contributed by atoms with Gasteiger partial charge in [-0.15, -0.1) is 0 Å². The summed E-state index contributed by atoms with van der Waals surface area (Å²) in [5, 5.41) is 10.7. The number of ketones is 1. The predicted molar refractivity (Wildman–Crippen MR) is 103 cm³/mol. The van der Waals surface area contributed by atoms with Gasteiger partial charge in [-0.25, -0.2) is 0 Å². The Morgan fingerprint density at radius 1 is 0.875 bits per heavy atom. The second-order valence-corrected chi connectivity index (χ2v) is 10.3. The molecule has 0 aliphatic heterocycles. The van der Waals surface area contributed by atoms with Crippen LogP contribution >= 0.6 is 0 Å². The molecule has 1 aromatic carbocycles. The van der Waals surface area contributed by atoms with Gasteiger partial charge in [0, 0.05) is 12.8 Å². The highest BCUT2D eigenvalue weighted by Gasteiger charge is 2.26. The minimum absolute atomic E-state index is 0.0409. The summed E-state index contributed by atoms with van der Waals surface area (Å²) < 4.78 is 0. The molecule has 2 nitrogen and oxygen atoms in total. The Morgan fingerprint density at radius 2 is 1.29 bits per heavy atom. The fourth-order valence-electron chi connectivity index (χ4n) is 2.95. The Bertz CT molecular complexity index is 555. The average molecular weight is 333 g/mol. The van der Waals surface area contributed by atoms with Crippen molar-refractivity contribution in [3.8, 4) is 5.75 Å². The first-order valence-electron chi connectivity index (χ1n) is 9.00. The Hall–Kier alpha value is -1.31. The number of rotatable bonds is 4. The monoisotopic (exact) mass is 332 g/mol. The van der Waals surface area contributed by atoms with E-state index in [1.807, 2.05) is 0 Å². The molecule has 0 radical (unpaired) electrons. The summed E-state index contributed by atoms with van der Waals surface area (Å²) in [7, 11) is 0. The van der Waals surface area contributed by atoms with E-state index in [0.717, 1.165) is 23.1 Å². The van der Waals surface area contributed by atoms with Crippen molar-refractivity contribution >= 4 is 5.78 Å². The van der Waals surface area contributed by atoms with Crippen LogP contribution in [0.15, 0.2) is 12.1 Å². The number of carbonyl (C=O) groups excluding carboxylic acids is 1. The second-order valence-electron chi connectivity index (χ2n) is 10.3. The minimum atomic E-state index is -0.129. The lowest BCUT2D eigenvalue weighted by Crippen LogP contribution is -2.18. The van der Waals surface area contributed by atoms with Gasteiger partial charge in [0.05, 0.1) is 0 Å². The molecule has 0 bridgehead atoms. The number of aromatic hydroxyl groups is 1. The molecule has 0 saturated heterocycles. The van der Waals surface area contributed by atoms with Crippen LogP contribution in [0.3, 0.4) is 0 Å². The van der Waals surface area contributed by atoms with E-state index in [4.69, 9.17) is 0 Å². The SMILES string of the molecule is CC(C)(C)CC(=O)CCc1cc(C(C)(C)C)c(O)c(C(C)(C)C)c1. The van der Waals surface area contributed by atoms with Gasteiger partial charge < -0.3 is 5.11 Å². The first-order valence-corrected chi connectivity index (χ1v) is 9.00. The maximum absolute atomic E-state index is 12.2. The van der Waals surface area contributed by atoms with E-state index in [-0.39, 0.29) is 16.2 Å². The zero-order chi connectivity index (χ0) is 18.9. The third kappa shape index (κ3) is 5.96. The molecule has 2 heteroatoms. The summed E-state index contributed by atoms with van der Waals surface area (Å²) >= 11 is 0. The first-order chi connectivity index (χ1) is 10.6. The second kappa shape index (κ2) is 6.90. The lowest BCUT2D eigenvalue weighted by atomic mass is 9.78. The van der Waals surface area contributed by atoms with E-state index in [9.17, 15) is 9.90 Å². The van der Waals surface area contributed by atoms with Crippen molar-refractivity contribution in [2.24, 2.45) is 5.41 Å². The van der Waals surface area contributed by atoms with E-state index in [0.29, 0.717) is 24.4 Å². The molecule has 136 valence electrons. The Morgan fingerprint density at radius 3 is 1.62 bits per heavy atom. The smallest absolute Gasteiger partial charge is 0.133 e. The van der Waals surface area contributed by atoms with E-state index < -0.39 is 0 Å². The average Bonchev–Trinajstić information content (AvgIpc) is 2.32. The van der Waals surface area contributed by atoms with Crippen LogP contribution in [0.4, 0.5) is 0 Å². The molecule has 0 fully saturated rings. The standard InChI is InChI=1S/C22H36O2/c1-20(2,3)14-16(23)11-10-15-12-17(21(4,5)6)19(24)18(13-15)22(7,8)9/h12-13,24H,10-11,14H2,1-9H3. The summed E-state index contributed by atoms with van der Waals surface area (Å²) in [4.78, 5) is 12.2. The topological polar surface area (TPSA) is 37.3 Å². The van der Waals surface area contributed by atoms with Crippen LogP contribution in [0.2, 0.25) is 0 Å². The molecular weight excluding hydrogens is 296 g/mol. The van der Waals surface area contributed by atoms with E-state index in [2.05, 4.69) is 74.4 Å². The summed E-state index contributed by atoms with van der Waals surface area (Å²) in [6, 6.07) is 4.16. The molecule has 0 unspecified atom stereocenters. The largest absolute Gasteiger partial charge is 0.507 e. The van der Waals surface area contributed by atoms with Gasteiger partial charge in [0.15, 0.2) is 0 Å². The van der Waals surface area contributed by atoms with Gasteiger partial charge in [-0.2, -0.15) is 0 Å². The van der Waals surface area contributed by atoms with Crippen molar-refractivity contribution in [1.29, 1.82) is 0 Å².